The van der Waals surface area contributed by atoms with Crippen LogP contribution in [-0.2, 0) is 14.3 Å². The molecule has 0 bridgehead atoms. The second kappa shape index (κ2) is 57.3. The van der Waals surface area contributed by atoms with E-state index >= 15 is 0 Å². The molecule has 6 N–H and O–H groups in total. The molecule has 0 radical (unpaired) electrons. The highest BCUT2D eigenvalue weighted by Crippen LogP contribution is 2.23. The zero-order chi connectivity index (χ0) is 56.5. The number of carbonyl (C=O) groups excluding carboxylic acids is 1. The number of carbonyl (C=O) groups is 1. The van der Waals surface area contributed by atoms with Crippen LogP contribution in [0.5, 0.6) is 0 Å². The number of aliphatic hydroxyl groups is 5. The molecule has 450 valence electrons. The molecular formula is C69H121NO8. The predicted octanol–water partition coefficient (Wildman–Crippen LogP) is 17.1. The van der Waals surface area contributed by atoms with E-state index in [0.717, 1.165) is 77.0 Å². The second-order valence-electron chi connectivity index (χ2n) is 22.2. The van der Waals surface area contributed by atoms with Gasteiger partial charge in [0.25, 0.3) is 0 Å². The highest BCUT2D eigenvalue weighted by molar-refractivity contribution is 5.76. The number of allylic oxidation sites excluding steroid dienone is 15. The van der Waals surface area contributed by atoms with Crippen LogP contribution in [0.2, 0.25) is 0 Å². The first-order valence-electron chi connectivity index (χ1n) is 32.5. The summed E-state index contributed by atoms with van der Waals surface area (Å²) in [6, 6.07) is -0.836. The lowest BCUT2D eigenvalue weighted by Crippen LogP contribution is -2.60. The van der Waals surface area contributed by atoms with Crippen LogP contribution >= 0.6 is 0 Å². The van der Waals surface area contributed by atoms with Gasteiger partial charge in [-0.25, -0.2) is 0 Å². The Kier molecular flexibility index (Phi) is 53.8. The molecule has 9 heteroatoms. The molecule has 0 aromatic rings. The van der Waals surface area contributed by atoms with Crippen molar-refractivity contribution < 1.29 is 39.8 Å². The van der Waals surface area contributed by atoms with Gasteiger partial charge in [-0.2, -0.15) is 0 Å². The fourth-order valence-electron chi connectivity index (χ4n) is 9.81. The first kappa shape index (κ1) is 73.1. The summed E-state index contributed by atoms with van der Waals surface area (Å²) in [7, 11) is 0. The lowest BCUT2D eigenvalue weighted by atomic mass is 9.99. The van der Waals surface area contributed by atoms with Crippen molar-refractivity contribution in [2.45, 2.75) is 320 Å². The van der Waals surface area contributed by atoms with Crippen molar-refractivity contribution in [1.82, 2.24) is 5.32 Å². The monoisotopic (exact) mass is 1090 g/mol. The van der Waals surface area contributed by atoms with Crippen molar-refractivity contribution in [3.8, 4) is 0 Å². The molecule has 0 aliphatic carbocycles. The summed E-state index contributed by atoms with van der Waals surface area (Å²) in [5.74, 6) is -0.193. The van der Waals surface area contributed by atoms with Crippen LogP contribution in [0, 0.1) is 0 Å². The van der Waals surface area contributed by atoms with Gasteiger partial charge in [0.15, 0.2) is 6.29 Å². The molecule has 0 saturated carbocycles. The summed E-state index contributed by atoms with van der Waals surface area (Å²) in [5.41, 5.74) is 0. The molecule has 1 saturated heterocycles. The Bertz CT molecular complexity index is 1550. The minimum absolute atomic E-state index is 0.193. The van der Waals surface area contributed by atoms with Crippen molar-refractivity contribution in [1.29, 1.82) is 0 Å². The van der Waals surface area contributed by atoms with Gasteiger partial charge in [0.1, 0.15) is 24.4 Å². The second-order valence-corrected chi connectivity index (χ2v) is 22.2. The number of hydrogen-bond donors (Lipinski definition) is 6. The number of amides is 1. The van der Waals surface area contributed by atoms with E-state index in [4.69, 9.17) is 9.47 Å². The highest BCUT2D eigenvalue weighted by atomic mass is 16.7. The Labute approximate surface area is 479 Å². The topological polar surface area (TPSA) is 149 Å². The van der Waals surface area contributed by atoms with Crippen molar-refractivity contribution in [2.24, 2.45) is 0 Å². The number of nitrogens with one attached hydrogen (secondary N) is 1. The summed E-state index contributed by atoms with van der Waals surface area (Å²) in [6.07, 6.45) is 76.3. The van der Waals surface area contributed by atoms with Crippen LogP contribution < -0.4 is 5.32 Å². The van der Waals surface area contributed by atoms with Crippen molar-refractivity contribution in [3.05, 3.63) is 97.2 Å². The summed E-state index contributed by atoms with van der Waals surface area (Å²) < 4.78 is 11.3. The largest absolute Gasteiger partial charge is 0.394 e. The first-order valence-corrected chi connectivity index (χ1v) is 32.5. The number of ether oxygens (including phenoxy) is 2. The molecule has 0 aromatic heterocycles. The van der Waals surface area contributed by atoms with Crippen LogP contribution in [-0.4, -0.2) is 87.5 Å². The van der Waals surface area contributed by atoms with Crippen molar-refractivity contribution in [3.63, 3.8) is 0 Å². The average Bonchev–Trinajstić information content (AvgIpc) is 3.45. The molecule has 0 aromatic carbocycles. The molecule has 1 rings (SSSR count). The van der Waals surface area contributed by atoms with E-state index in [2.05, 4.69) is 104 Å². The van der Waals surface area contributed by atoms with E-state index in [1.165, 1.54) is 180 Å². The summed E-state index contributed by atoms with van der Waals surface area (Å²) >= 11 is 0. The standard InChI is InChI=1S/C69H121NO8/c1-3-5-7-9-11-13-15-17-19-21-23-25-27-29-31-32-33-35-37-39-41-43-45-47-49-51-53-55-57-59-65(73)70-62(61-77-69-68(76)67(75)66(74)64(60-71)78-69)63(72)58-56-54-52-50-48-46-44-42-40-38-36-34-30-28-26-24-22-20-18-16-14-12-10-8-6-4-2/h5,7,11,13,17,19,23,25,29,31,40,42,48,50,56,58,62-64,66-69,71-72,74-76H,3-4,6,8-10,12,14-16,18,20-22,24,26-28,30,32-39,41,43-47,49,51-55,57,59-61H2,1-2H3,(H,70,73)/b7-5-,13-11-,19-17-,25-23-,31-29-,42-40+,50-48+,58-56+. The zero-order valence-corrected chi connectivity index (χ0v) is 50.1. The number of unbranched alkanes of at least 4 members (excludes halogenated alkanes) is 31. The first-order chi connectivity index (χ1) is 38.3. The average molecular weight is 1090 g/mol. The summed E-state index contributed by atoms with van der Waals surface area (Å²) in [5, 5.41) is 54.6. The fraction of sp³-hybridized carbons (Fsp3) is 0.754. The molecule has 1 aliphatic heterocycles. The molecule has 9 nitrogen and oxygen atoms in total. The Balaban J connectivity index is 2.21. The molecule has 7 atom stereocenters. The van der Waals surface area contributed by atoms with Crippen molar-refractivity contribution >= 4 is 5.91 Å². The maximum atomic E-state index is 13.1. The van der Waals surface area contributed by atoms with E-state index in [0.29, 0.717) is 6.42 Å². The van der Waals surface area contributed by atoms with Gasteiger partial charge in [-0.15, -0.1) is 0 Å². The van der Waals surface area contributed by atoms with Gasteiger partial charge >= 0.3 is 0 Å². The minimum atomic E-state index is -1.58. The van der Waals surface area contributed by atoms with Crippen molar-refractivity contribution in [2.75, 3.05) is 13.2 Å². The maximum Gasteiger partial charge on any atom is 0.220 e. The Morgan fingerprint density at radius 1 is 0.449 bits per heavy atom. The van der Waals surface area contributed by atoms with Crippen LogP contribution in [0.25, 0.3) is 0 Å². The SMILES string of the molecule is CC/C=C\C/C=C\C/C=C\C/C=C\C/C=C\CCCCCCCCCCCCCCCC(=O)NC(COC1OC(CO)C(O)C(O)C1O)C(O)/C=C/CC/C=C/CC/C=C/CCCCCCCCCCCCCCCCCC. The van der Waals surface area contributed by atoms with Gasteiger partial charge in [0, 0.05) is 6.42 Å². The normalized spacial score (nSPS) is 19.3. The quantitative estimate of drug-likeness (QED) is 0.0261. The summed E-state index contributed by atoms with van der Waals surface area (Å²) in [6.45, 7) is 3.66. The highest BCUT2D eigenvalue weighted by Gasteiger charge is 2.44. The molecule has 0 spiro atoms. The molecule has 1 heterocycles. The third-order valence-corrected chi connectivity index (χ3v) is 14.9. The lowest BCUT2D eigenvalue weighted by Gasteiger charge is -2.40. The third kappa shape index (κ3) is 45.8. The Hall–Kier alpha value is -2.89. The van der Waals surface area contributed by atoms with E-state index < -0.39 is 49.5 Å². The molecule has 1 fully saturated rings. The molecule has 78 heavy (non-hydrogen) atoms. The van der Waals surface area contributed by atoms with Gasteiger partial charge in [0.05, 0.1) is 25.4 Å². The predicted molar refractivity (Wildman–Crippen MR) is 331 cm³/mol. The molecule has 1 aliphatic rings. The van der Waals surface area contributed by atoms with E-state index in [-0.39, 0.29) is 12.5 Å². The molecule has 1 amide bonds. The van der Waals surface area contributed by atoms with Gasteiger partial charge in [-0.3, -0.25) is 4.79 Å². The lowest BCUT2D eigenvalue weighted by molar-refractivity contribution is -0.302. The van der Waals surface area contributed by atoms with Crippen LogP contribution in [0.4, 0.5) is 0 Å². The Morgan fingerprint density at radius 2 is 0.808 bits per heavy atom. The maximum absolute atomic E-state index is 13.1. The van der Waals surface area contributed by atoms with Gasteiger partial charge < -0.3 is 40.3 Å². The number of hydrogen-bond acceptors (Lipinski definition) is 8. The van der Waals surface area contributed by atoms with Gasteiger partial charge in [0.2, 0.25) is 5.91 Å². The third-order valence-electron chi connectivity index (χ3n) is 14.9. The Morgan fingerprint density at radius 3 is 1.23 bits per heavy atom. The smallest absolute Gasteiger partial charge is 0.220 e. The van der Waals surface area contributed by atoms with E-state index in [1.54, 1.807) is 6.08 Å². The van der Waals surface area contributed by atoms with Gasteiger partial charge in [-0.05, 0) is 89.9 Å². The van der Waals surface area contributed by atoms with Gasteiger partial charge in [-0.1, -0.05) is 278 Å². The van der Waals surface area contributed by atoms with Crippen LogP contribution in [0.1, 0.15) is 277 Å². The van der Waals surface area contributed by atoms with Crippen LogP contribution in [0.15, 0.2) is 97.2 Å². The van der Waals surface area contributed by atoms with E-state index in [1.807, 2.05) is 6.08 Å². The number of rotatable bonds is 55. The van der Waals surface area contributed by atoms with E-state index in [9.17, 15) is 30.3 Å². The molecular weight excluding hydrogens is 971 g/mol. The zero-order valence-electron chi connectivity index (χ0n) is 50.1. The van der Waals surface area contributed by atoms with Crippen LogP contribution in [0.3, 0.4) is 0 Å². The summed E-state index contributed by atoms with van der Waals surface area (Å²) in [4.78, 5) is 13.1. The fourth-order valence-corrected chi connectivity index (χ4v) is 9.81. The minimum Gasteiger partial charge on any atom is -0.394 e. The molecule has 7 unspecified atom stereocenters. The number of aliphatic hydroxyl groups excluding tert-OH is 5.